The van der Waals surface area contributed by atoms with Crippen molar-refractivity contribution in [1.82, 2.24) is 10.2 Å². The predicted octanol–water partition coefficient (Wildman–Crippen LogP) is 0.735. The van der Waals surface area contributed by atoms with Crippen molar-refractivity contribution in [3.05, 3.63) is 28.8 Å². The number of amides is 1. The summed E-state index contributed by atoms with van der Waals surface area (Å²) >= 11 is 5.91. The predicted molar refractivity (Wildman–Crippen MR) is 99.1 cm³/mol. The summed E-state index contributed by atoms with van der Waals surface area (Å²) in [6.07, 6.45) is 3.06. The van der Waals surface area contributed by atoms with Crippen molar-refractivity contribution in [2.45, 2.75) is 29.8 Å². The molecule has 1 amide bonds. The fourth-order valence-electron chi connectivity index (χ4n) is 3.58. The largest absolute Gasteiger partial charge is 0.347 e. The van der Waals surface area contributed by atoms with E-state index in [4.69, 9.17) is 11.6 Å². The van der Waals surface area contributed by atoms with Crippen LogP contribution in [0.4, 0.5) is 0 Å². The summed E-state index contributed by atoms with van der Waals surface area (Å²) in [5.41, 5.74) is 0.138. The van der Waals surface area contributed by atoms with E-state index in [1.807, 2.05) is 0 Å². The summed E-state index contributed by atoms with van der Waals surface area (Å²) in [7, 11) is -6.80. The first-order chi connectivity index (χ1) is 12.1. The van der Waals surface area contributed by atoms with Crippen molar-refractivity contribution in [3.8, 4) is 0 Å². The molecule has 7 nitrogen and oxygen atoms in total. The van der Waals surface area contributed by atoms with Crippen molar-refractivity contribution in [3.63, 3.8) is 0 Å². The Hall–Kier alpha value is -1.16. The average molecular weight is 421 g/mol. The molecule has 2 saturated heterocycles. The molecule has 0 spiro atoms. The first kappa shape index (κ1) is 19.6. The summed E-state index contributed by atoms with van der Waals surface area (Å²) in [4.78, 5) is 14.6. The quantitative estimate of drug-likeness (QED) is 0.770. The number of sulfone groups is 2. The van der Waals surface area contributed by atoms with Crippen molar-refractivity contribution in [2.24, 2.45) is 0 Å². The molecule has 3 rings (SSSR count). The summed E-state index contributed by atoms with van der Waals surface area (Å²) in [5.74, 6) is -0.572. The minimum Gasteiger partial charge on any atom is -0.347 e. The van der Waals surface area contributed by atoms with Crippen LogP contribution in [0.15, 0.2) is 23.1 Å². The van der Waals surface area contributed by atoms with Crippen molar-refractivity contribution in [1.29, 1.82) is 0 Å². The Morgan fingerprint density at radius 3 is 2.50 bits per heavy atom. The second kappa shape index (κ2) is 7.10. The molecular weight excluding hydrogens is 400 g/mol. The fraction of sp³-hybridized carbons (Fsp3) is 0.562. The number of carbonyl (C=O) groups is 1. The minimum atomic E-state index is -3.58. The molecule has 0 aromatic heterocycles. The SMILES string of the molecule is CS(=O)(=O)c1cc(C(=O)NC2CS(=O)(=O)CC2N2CCCC2)ccc1Cl. The lowest BCUT2D eigenvalue weighted by molar-refractivity contribution is 0.0918. The molecule has 2 aliphatic rings. The number of hydrogen-bond acceptors (Lipinski definition) is 6. The molecular formula is C16H21ClN2O5S2. The molecule has 1 aromatic carbocycles. The van der Waals surface area contributed by atoms with Crippen LogP contribution in [0.3, 0.4) is 0 Å². The van der Waals surface area contributed by atoms with Crippen LogP contribution in [0.2, 0.25) is 5.02 Å². The number of carbonyl (C=O) groups excluding carboxylic acids is 1. The highest BCUT2D eigenvalue weighted by molar-refractivity contribution is 7.91. The van der Waals surface area contributed by atoms with Crippen LogP contribution in [-0.2, 0) is 19.7 Å². The Labute approximate surface area is 158 Å². The molecule has 0 bridgehead atoms. The van der Waals surface area contributed by atoms with E-state index >= 15 is 0 Å². The lowest BCUT2D eigenvalue weighted by atomic mass is 10.1. The van der Waals surface area contributed by atoms with Gasteiger partial charge in [-0.05, 0) is 44.1 Å². The van der Waals surface area contributed by atoms with Gasteiger partial charge in [0.25, 0.3) is 5.91 Å². The van der Waals surface area contributed by atoms with Crippen molar-refractivity contribution in [2.75, 3.05) is 30.9 Å². The molecule has 0 aliphatic carbocycles. The van der Waals surface area contributed by atoms with Crippen LogP contribution in [-0.4, -0.2) is 70.6 Å². The summed E-state index contributed by atoms with van der Waals surface area (Å²) < 4.78 is 47.7. The lowest BCUT2D eigenvalue weighted by Gasteiger charge is -2.28. The van der Waals surface area contributed by atoms with Gasteiger partial charge < -0.3 is 5.32 Å². The molecule has 0 saturated carbocycles. The second-order valence-corrected chi connectivity index (χ2v) is 11.4. The van der Waals surface area contributed by atoms with Gasteiger partial charge in [-0.1, -0.05) is 11.6 Å². The maximum Gasteiger partial charge on any atom is 0.251 e. The van der Waals surface area contributed by atoms with Crippen LogP contribution < -0.4 is 5.32 Å². The molecule has 144 valence electrons. The standard InChI is InChI=1S/C16H21ClN2O5S2/c1-25(21,22)15-8-11(4-5-12(15)17)16(20)18-13-9-26(23,24)10-14(13)19-6-2-3-7-19/h4-5,8,13-14H,2-3,6-7,9-10H2,1H3,(H,18,20). The van der Waals surface area contributed by atoms with Gasteiger partial charge in [0.05, 0.1) is 27.5 Å². The molecule has 2 atom stereocenters. The third kappa shape index (κ3) is 4.21. The summed E-state index contributed by atoms with van der Waals surface area (Å²) in [6, 6.07) is 3.26. The molecule has 2 aliphatic heterocycles. The number of likely N-dealkylation sites (tertiary alicyclic amines) is 1. The third-order valence-electron chi connectivity index (χ3n) is 4.84. The van der Waals surface area contributed by atoms with E-state index < -0.39 is 31.6 Å². The zero-order chi connectivity index (χ0) is 19.1. The first-order valence-electron chi connectivity index (χ1n) is 8.32. The number of nitrogens with one attached hydrogen (secondary N) is 1. The van der Waals surface area contributed by atoms with Crippen LogP contribution in [0.5, 0.6) is 0 Å². The van der Waals surface area contributed by atoms with Crippen LogP contribution >= 0.6 is 11.6 Å². The Morgan fingerprint density at radius 2 is 1.88 bits per heavy atom. The van der Waals surface area contributed by atoms with E-state index in [1.54, 1.807) is 0 Å². The zero-order valence-corrected chi connectivity index (χ0v) is 16.7. The summed E-state index contributed by atoms with van der Waals surface area (Å²) in [5, 5.41) is 2.82. The van der Waals surface area contributed by atoms with Gasteiger partial charge in [0.2, 0.25) is 0 Å². The molecule has 2 fully saturated rings. The second-order valence-electron chi connectivity index (χ2n) is 6.88. The van der Waals surface area contributed by atoms with Gasteiger partial charge in [0.15, 0.2) is 19.7 Å². The van der Waals surface area contributed by atoms with Crippen LogP contribution in [0.25, 0.3) is 0 Å². The Balaban J connectivity index is 1.82. The molecule has 26 heavy (non-hydrogen) atoms. The zero-order valence-electron chi connectivity index (χ0n) is 14.3. The number of benzene rings is 1. The van der Waals surface area contributed by atoms with E-state index in [2.05, 4.69) is 10.2 Å². The van der Waals surface area contributed by atoms with E-state index in [0.29, 0.717) is 0 Å². The van der Waals surface area contributed by atoms with Gasteiger partial charge in [-0.15, -0.1) is 0 Å². The summed E-state index contributed by atoms with van der Waals surface area (Å²) in [6.45, 7) is 1.65. The Bertz CT molecular complexity index is 924. The number of halogens is 1. The van der Waals surface area contributed by atoms with Crippen molar-refractivity contribution >= 4 is 37.2 Å². The van der Waals surface area contributed by atoms with Gasteiger partial charge in [0.1, 0.15) is 0 Å². The fourth-order valence-corrected chi connectivity index (χ4v) is 6.83. The van der Waals surface area contributed by atoms with E-state index in [1.165, 1.54) is 18.2 Å². The number of nitrogens with zero attached hydrogens (tertiary/aromatic N) is 1. The third-order valence-corrected chi connectivity index (χ3v) is 8.14. The Morgan fingerprint density at radius 1 is 1.23 bits per heavy atom. The van der Waals surface area contributed by atoms with Gasteiger partial charge in [-0.2, -0.15) is 0 Å². The maximum atomic E-state index is 12.6. The molecule has 2 unspecified atom stereocenters. The molecule has 0 radical (unpaired) electrons. The average Bonchev–Trinajstić information content (AvgIpc) is 3.14. The molecule has 10 heteroatoms. The van der Waals surface area contributed by atoms with Gasteiger partial charge in [-0.3, -0.25) is 9.69 Å². The monoisotopic (exact) mass is 420 g/mol. The molecule has 2 heterocycles. The van der Waals surface area contributed by atoms with Crippen LogP contribution in [0.1, 0.15) is 23.2 Å². The van der Waals surface area contributed by atoms with Gasteiger partial charge in [0, 0.05) is 17.9 Å². The van der Waals surface area contributed by atoms with E-state index in [-0.39, 0.29) is 33.0 Å². The number of hydrogen-bond donors (Lipinski definition) is 1. The maximum absolute atomic E-state index is 12.6. The molecule has 1 N–H and O–H groups in total. The van der Waals surface area contributed by atoms with E-state index in [0.717, 1.165) is 32.2 Å². The topological polar surface area (TPSA) is 101 Å². The normalized spacial score (nSPS) is 26.1. The van der Waals surface area contributed by atoms with Gasteiger partial charge in [-0.25, -0.2) is 16.8 Å². The van der Waals surface area contributed by atoms with E-state index in [9.17, 15) is 21.6 Å². The molecule has 1 aromatic rings. The highest BCUT2D eigenvalue weighted by Crippen LogP contribution is 2.25. The highest BCUT2D eigenvalue weighted by Gasteiger charge is 2.42. The smallest absolute Gasteiger partial charge is 0.251 e. The van der Waals surface area contributed by atoms with Gasteiger partial charge >= 0.3 is 0 Å². The minimum absolute atomic E-state index is 0.0349. The van der Waals surface area contributed by atoms with Crippen LogP contribution in [0, 0.1) is 0 Å². The highest BCUT2D eigenvalue weighted by atomic mass is 35.5. The lowest BCUT2D eigenvalue weighted by Crippen LogP contribution is -2.50. The number of rotatable bonds is 4. The first-order valence-corrected chi connectivity index (χ1v) is 12.4. The Kier molecular flexibility index (Phi) is 5.35. The van der Waals surface area contributed by atoms with Crippen molar-refractivity contribution < 1.29 is 21.6 Å².